The molecule has 4 rings (SSSR count). The minimum absolute atomic E-state index is 0.0743. The number of ether oxygens (including phenoxy) is 1. The van der Waals surface area contributed by atoms with Gasteiger partial charge in [0.2, 0.25) is 0 Å². The zero-order valence-corrected chi connectivity index (χ0v) is 22.1. The number of halogens is 2. The van der Waals surface area contributed by atoms with Crippen molar-refractivity contribution >= 4 is 66.7 Å². The third kappa shape index (κ3) is 5.10. The van der Waals surface area contributed by atoms with E-state index < -0.39 is 28.1 Å². The molecule has 7 nitrogen and oxygen atoms in total. The Morgan fingerprint density at radius 2 is 1.63 bits per heavy atom. The number of hydrogen-bond acceptors (Lipinski definition) is 5. The van der Waals surface area contributed by atoms with Gasteiger partial charge >= 0.3 is 5.97 Å². The average Bonchev–Trinajstić information content (AvgIpc) is 3.08. The van der Waals surface area contributed by atoms with Crippen LogP contribution in [0.5, 0.6) is 0 Å². The fraction of sp³-hybridized carbons (Fsp3) is 0.280. The summed E-state index contributed by atoms with van der Waals surface area (Å²) in [6.45, 7) is 7.43. The molecule has 0 bridgehead atoms. The van der Waals surface area contributed by atoms with Crippen molar-refractivity contribution in [1.29, 1.82) is 0 Å². The number of pyridine rings is 1. The van der Waals surface area contributed by atoms with Crippen LogP contribution in [0.25, 0.3) is 21.8 Å². The maximum atomic E-state index is 13.8. The Bertz CT molecular complexity index is 1520. The van der Waals surface area contributed by atoms with Crippen LogP contribution in [0.1, 0.15) is 27.7 Å². The summed E-state index contributed by atoms with van der Waals surface area (Å²) in [6.07, 6.45) is 0. The molecule has 35 heavy (non-hydrogen) atoms. The fourth-order valence-electron chi connectivity index (χ4n) is 4.06. The number of aryl methyl sites for hydroxylation is 1. The predicted octanol–water partition coefficient (Wildman–Crippen LogP) is 6.05. The molecule has 0 saturated carbocycles. The second-order valence-electron chi connectivity index (χ2n) is 9.01. The molecule has 0 amide bonds. The zero-order valence-electron chi connectivity index (χ0n) is 19.7. The lowest BCUT2D eigenvalue weighted by molar-refractivity contribution is -0.152. The van der Waals surface area contributed by atoms with Crippen LogP contribution >= 0.6 is 23.2 Å². The summed E-state index contributed by atoms with van der Waals surface area (Å²) >= 11 is 12.0. The summed E-state index contributed by atoms with van der Waals surface area (Å²) in [7, 11) is -4.25. The molecule has 10 heteroatoms. The number of carbonyl (C=O) groups is 1. The van der Waals surface area contributed by atoms with Gasteiger partial charge < -0.3 is 9.30 Å². The van der Waals surface area contributed by atoms with Gasteiger partial charge in [-0.1, -0.05) is 41.4 Å². The molecule has 0 aliphatic rings. The van der Waals surface area contributed by atoms with Crippen LogP contribution in [0, 0.1) is 0 Å². The van der Waals surface area contributed by atoms with Gasteiger partial charge in [0.05, 0.1) is 10.6 Å². The van der Waals surface area contributed by atoms with E-state index in [1.165, 1.54) is 12.1 Å². The topological polar surface area (TPSA) is 81.5 Å². The number of carbonyl (C=O) groups excluding carboxylic acids is 1. The molecule has 0 atom stereocenters. The first-order valence-electron chi connectivity index (χ1n) is 11.0. The van der Waals surface area contributed by atoms with Crippen molar-refractivity contribution < 1.29 is 17.9 Å². The fourth-order valence-corrected chi connectivity index (χ4v) is 6.09. The highest BCUT2D eigenvalue weighted by Gasteiger charge is 2.30. The smallest absolute Gasteiger partial charge is 0.327 e. The van der Waals surface area contributed by atoms with Crippen LogP contribution in [-0.4, -0.2) is 36.1 Å². The number of rotatable bonds is 6. The quantitative estimate of drug-likeness (QED) is 0.222. The van der Waals surface area contributed by atoms with E-state index in [1.54, 1.807) is 32.9 Å². The number of fused-ring (bicyclic) bond motifs is 3. The number of anilines is 1. The molecule has 0 unspecified atom stereocenters. The van der Waals surface area contributed by atoms with E-state index in [-0.39, 0.29) is 15.2 Å². The maximum absolute atomic E-state index is 13.8. The summed E-state index contributed by atoms with van der Waals surface area (Å²) in [5.41, 5.74) is 1.53. The van der Waals surface area contributed by atoms with Crippen LogP contribution in [0.15, 0.2) is 59.5 Å². The number of para-hydroxylation sites is 1. The second-order valence-corrected chi connectivity index (χ2v) is 11.6. The lowest BCUT2D eigenvalue weighted by Gasteiger charge is -2.26. The molecule has 0 aliphatic carbocycles. The number of sulfonamides is 1. The summed E-state index contributed by atoms with van der Waals surface area (Å²) in [6, 6.07) is 15.6. The zero-order chi connectivity index (χ0) is 25.5. The van der Waals surface area contributed by atoms with Gasteiger partial charge in [-0.05, 0) is 64.1 Å². The number of aromatic nitrogens is 2. The molecule has 0 spiro atoms. The molecule has 0 aliphatic heterocycles. The van der Waals surface area contributed by atoms with E-state index in [0.29, 0.717) is 5.69 Å². The van der Waals surface area contributed by atoms with Crippen molar-refractivity contribution in [3.8, 4) is 0 Å². The van der Waals surface area contributed by atoms with Crippen LogP contribution in [-0.2, 0) is 26.1 Å². The third-order valence-corrected chi connectivity index (χ3v) is 7.52. The number of hydrogen-bond donors (Lipinski definition) is 0. The first-order valence-corrected chi connectivity index (χ1v) is 13.2. The van der Waals surface area contributed by atoms with Crippen molar-refractivity contribution in [2.75, 3.05) is 10.8 Å². The van der Waals surface area contributed by atoms with Gasteiger partial charge in [-0.3, -0.25) is 9.10 Å². The summed E-state index contributed by atoms with van der Waals surface area (Å²) in [5.74, 6) is -0.691. The minimum atomic E-state index is -4.25. The lowest BCUT2D eigenvalue weighted by Crippen LogP contribution is -2.39. The van der Waals surface area contributed by atoms with Crippen molar-refractivity contribution in [2.45, 2.75) is 44.7 Å². The Hall–Kier alpha value is -2.81. The van der Waals surface area contributed by atoms with E-state index in [0.717, 1.165) is 32.7 Å². The summed E-state index contributed by atoms with van der Waals surface area (Å²) in [5, 5.41) is 1.70. The van der Waals surface area contributed by atoms with Crippen LogP contribution < -0.4 is 4.31 Å². The number of esters is 1. The standard InChI is InChI=1S/C25H25Cl2N3O4S/c1-5-29-20-9-7-6-8-18(20)19-12-16(10-11-21(19)29)30(15-24(31)34-25(2,3)4)35(32,33)17-13-22(26)28-23(27)14-17/h6-14H,5,15H2,1-4H3. The van der Waals surface area contributed by atoms with Gasteiger partial charge in [-0.2, -0.15) is 0 Å². The normalized spacial score (nSPS) is 12.3. The molecule has 184 valence electrons. The third-order valence-electron chi connectivity index (χ3n) is 5.38. The highest BCUT2D eigenvalue weighted by Crippen LogP contribution is 2.34. The predicted molar refractivity (Wildman–Crippen MR) is 140 cm³/mol. The molecule has 4 aromatic rings. The lowest BCUT2D eigenvalue weighted by atomic mass is 10.1. The highest BCUT2D eigenvalue weighted by molar-refractivity contribution is 7.92. The van der Waals surface area contributed by atoms with E-state index in [9.17, 15) is 13.2 Å². The van der Waals surface area contributed by atoms with Crippen LogP contribution in [0.3, 0.4) is 0 Å². The van der Waals surface area contributed by atoms with Gasteiger partial charge in [-0.25, -0.2) is 13.4 Å². The minimum Gasteiger partial charge on any atom is -0.459 e. The molecule has 0 fully saturated rings. The van der Waals surface area contributed by atoms with Crippen LogP contribution in [0.2, 0.25) is 10.3 Å². The summed E-state index contributed by atoms with van der Waals surface area (Å²) in [4.78, 5) is 16.4. The Morgan fingerprint density at radius 3 is 2.26 bits per heavy atom. The van der Waals surface area contributed by atoms with Crippen molar-refractivity contribution in [3.05, 3.63) is 64.9 Å². The van der Waals surface area contributed by atoms with Crippen molar-refractivity contribution in [1.82, 2.24) is 9.55 Å². The Balaban J connectivity index is 1.91. The van der Waals surface area contributed by atoms with E-state index in [2.05, 4.69) is 16.5 Å². The van der Waals surface area contributed by atoms with Crippen molar-refractivity contribution in [2.24, 2.45) is 0 Å². The molecular weight excluding hydrogens is 509 g/mol. The number of benzene rings is 2. The van der Waals surface area contributed by atoms with Gasteiger partial charge in [-0.15, -0.1) is 0 Å². The number of nitrogens with zero attached hydrogens (tertiary/aromatic N) is 3. The molecular formula is C25H25Cl2N3O4S. The van der Waals surface area contributed by atoms with E-state index in [4.69, 9.17) is 27.9 Å². The Labute approximate surface area is 214 Å². The van der Waals surface area contributed by atoms with Gasteiger partial charge in [0.1, 0.15) is 22.5 Å². The largest absolute Gasteiger partial charge is 0.459 e. The Kier molecular flexibility index (Phi) is 6.74. The molecule has 2 aromatic carbocycles. The van der Waals surface area contributed by atoms with E-state index >= 15 is 0 Å². The van der Waals surface area contributed by atoms with Gasteiger partial charge in [0, 0.05) is 28.4 Å². The van der Waals surface area contributed by atoms with Gasteiger partial charge in [0.25, 0.3) is 10.0 Å². The average molecular weight is 534 g/mol. The molecule has 0 N–H and O–H groups in total. The molecule has 0 radical (unpaired) electrons. The molecule has 2 heterocycles. The first-order chi connectivity index (χ1) is 16.4. The maximum Gasteiger partial charge on any atom is 0.327 e. The molecule has 2 aromatic heterocycles. The molecule has 0 saturated heterocycles. The second kappa shape index (κ2) is 9.33. The van der Waals surface area contributed by atoms with Gasteiger partial charge in [0.15, 0.2) is 0 Å². The van der Waals surface area contributed by atoms with Crippen molar-refractivity contribution in [3.63, 3.8) is 0 Å². The summed E-state index contributed by atoms with van der Waals surface area (Å²) < 4.78 is 36.1. The first kappa shape index (κ1) is 25.3. The SMILES string of the molecule is CCn1c2ccccc2c2cc(N(CC(=O)OC(C)(C)C)S(=O)(=O)c3cc(Cl)nc(Cl)c3)ccc21. The Morgan fingerprint density at radius 1 is 1.00 bits per heavy atom. The van der Waals surface area contributed by atoms with Crippen LogP contribution in [0.4, 0.5) is 5.69 Å². The monoisotopic (exact) mass is 533 g/mol. The highest BCUT2D eigenvalue weighted by atomic mass is 35.5. The van der Waals surface area contributed by atoms with E-state index in [1.807, 2.05) is 30.3 Å².